The number of pyridine rings is 1. The van der Waals surface area contributed by atoms with Crippen LogP contribution in [0, 0.1) is 17.0 Å². The lowest BCUT2D eigenvalue weighted by molar-refractivity contribution is -0.385. The predicted octanol–water partition coefficient (Wildman–Crippen LogP) is 0.826. The second-order valence-electron chi connectivity index (χ2n) is 3.39. The number of hydrogen-bond acceptors (Lipinski definition) is 6. The molecule has 0 atom stereocenters. The first kappa shape index (κ1) is 13.8. The lowest BCUT2D eigenvalue weighted by Gasteiger charge is -2.15. The van der Waals surface area contributed by atoms with Crippen LogP contribution in [0.2, 0.25) is 0 Å². The Morgan fingerprint density at radius 3 is 2.65 bits per heavy atom. The summed E-state index contributed by atoms with van der Waals surface area (Å²) in [6.07, 6.45) is 1.13. The summed E-state index contributed by atoms with van der Waals surface area (Å²) < 4.78 is 0.443. The number of anilines is 1. The van der Waals surface area contributed by atoms with Gasteiger partial charge >= 0.3 is 0 Å². The first-order valence-corrected chi connectivity index (χ1v) is 5.58. The number of aliphatic hydroxyl groups is 2. The molecule has 0 amide bonds. The van der Waals surface area contributed by atoms with Gasteiger partial charge in [0.15, 0.2) is 0 Å². The van der Waals surface area contributed by atoms with Crippen LogP contribution < -0.4 is 5.32 Å². The highest BCUT2D eigenvalue weighted by atomic mass is 79.9. The van der Waals surface area contributed by atoms with Gasteiger partial charge in [0.1, 0.15) is 12.0 Å². The fourth-order valence-electron chi connectivity index (χ4n) is 1.20. The molecule has 0 aliphatic carbocycles. The van der Waals surface area contributed by atoms with Crippen LogP contribution in [0.5, 0.6) is 0 Å². The van der Waals surface area contributed by atoms with Gasteiger partial charge in [0.25, 0.3) is 5.69 Å². The number of aliphatic hydroxyl groups excluding tert-OH is 2. The van der Waals surface area contributed by atoms with Gasteiger partial charge in [0, 0.05) is 5.56 Å². The highest BCUT2D eigenvalue weighted by Crippen LogP contribution is 2.30. The lowest BCUT2D eigenvalue weighted by atomic mass is 10.2. The number of rotatable bonds is 5. The number of nitrogens with zero attached hydrogens (tertiary/aromatic N) is 2. The summed E-state index contributed by atoms with van der Waals surface area (Å²) in [6, 6.07) is -0.556. The maximum absolute atomic E-state index is 10.7. The van der Waals surface area contributed by atoms with Crippen molar-refractivity contribution in [2.24, 2.45) is 0 Å². The minimum atomic E-state index is -0.556. The first-order chi connectivity index (χ1) is 8.01. The summed E-state index contributed by atoms with van der Waals surface area (Å²) in [5.41, 5.74) is 0.342. The average molecular weight is 306 g/mol. The Bertz CT molecular complexity index is 423. The Kier molecular flexibility index (Phi) is 4.79. The molecule has 0 aromatic carbocycles. The lowest BCUT2D eigenvalue weighted by Crippen LogP contribution is -2.28. The van der Waals surface area contributed by atoms with E-state index in [0.29, 0.717) is 15.9 Å². The molecule has 0 bridgehead atoms. The molecule has 94 valence electrons. The van der Waals surface area contributed by atoms with E-state index in [9.17, 15) is 10.1 Å². The molecule has 3 N–H and O–H groups in total. The van der Waals surface area contributed by atoms with Gasteiger partial charge in [-0.05, 0) is 22.9 Å². The predicted molar refractivity (Wildman–Crippen MR) is 64.9 cm³/mol. The summed E-state index contributed by atoms with van der Waals surface area (Å²) in [5.74, 6) is 0.348. The molecule has 0 spiro atoms. The van der Waals surface area contributed by atoms with Crippen LogP contribution in [0.15, 0.2) is 10.7 Å². The Balaban J connectivity index is 3.04. The first-order valence-electron chi connectivity index (χ1n) is 4.79. The van der Waals surface area contributed by atoms with Crippen molar-refractivity contribution in [2.75, 3.05) is 18.5 Å². The minimum absolute atomic E-state index is 0.0908. The van der Waals surface area contributed by atoms with Crippen LogP contribution in [0.4, 0.5) is 11.5 Å². The molecule has 0 saturated heterocycles. The number of hydrogen-bond donors (Lipinski definition) is 3. The normalized spacial score (nSPS) is 10.6. The third-order valence-corrected chi connectivity index (χ3v) is 3.19. The molecular weight excluding hydrogens is 294 g/mol. The third kappa shape index (κ3) is 3.11. The summed E-state index contributed by atoms with van der Waals surface area (Å²) in [7, 11) is 0. The summed E-state index contributed by atoms with van der Waals surface area (Å²) in [5, 5.41) is 31.3. The summed E-state index contributed by atoms with van der Waals surface area (Å²) in [6.45, 7) is 1.06. The fraction of sp³-hybridized carbons (Fsp3) is 0.444. The number of nitrogens with one attached hydrogen (secondary N) is 1. The second-order valence-corrected chi connectivity index (χ2v) is 4.19. The van der Waals surface area contributed by atoms with E-state index in [-0.39, 0.29) is 18.9 Å². The Labute approximate surface area is 106 Å². The highest BCUT2D eigenvalue weighted by molar-refractivity contribution is 9.10. The van der Waals surface area contributed by atoms with Crippen LogP contribution in [-0.2, 0) is 0 Å². The number of nitro groups is 1. The zero-order valence-electron chi connectivity index (χ0n) is 9.05. The average Bonchev–Trinajstić information content (AvgIpc) is 2.30. The zero-order chi connectivity index (χ0) is 13.0. The molecule has 7 nitrogen and oxygen atoms in total. The van der Waals surface area contributed by atoms with E-state index < -0.39 is 11.0 Å². The van der Waals surface area contributed by atoms with Crippen molar-refractivity contribution in [1.29, 1.82) is 0 Å². The molecule has 0 saturated carbocycles. The van der Waals surface area contributed by atoms with Crippen molar-refractivity contribution in [2.45, 2.75) is 13.0 Å². The molecule has 1 rings (SSSR count). The Morgan fingerprint density at radius 1 is 1.59 bits per heavy atom. The van der Waals surface area contributed by atoms with Gasteiger partial charge in [-0.3, -0.25) is 10.1 Å². The molecule has 0 aliphatic heterocycles. The molecular formula is C9H12BrN3O4. The van der Waals surface area contributed by atoms with Gasteiger partial charge in [0.05, 0.1) is 28.7 Å². The van der Waals surface area contributed by atoms with Gasteiger partial charge in [-0.15, -0.1) is 0 Å². The molecule has 0 aliphatic rings. The van der Waals surface area contributed by atoms with Crippen LogP contribution in [0.3, 0.4) is 0 Å². The van der Waals surface area contributed by atoms with Crippen molar-refractivity contribution in [1.82, 2.24) is 4.98 Å². The standard InChI is InChI=1S/C9H12BrN3O4/c1-5-7(13(16)17)2-11-9(8(5)10)12-6(3-14)4-15/h2,6,14-15H,3-4H2,1H3,(H,11,12). The van der Waals surface area contributed by atoms with Crippen LogP contribution in [-0.4, -0.2) is 39.4 Å². The van der Waals surface area contributed by atoms with E-state index in [4.69, 9.17) is 10.2 Å². The van der Waals surface area contributed by atoms with E-state index in [2.05, 4.69) is 26.2 Å². The summed E-state index contributed by atoms with van der Waals surface area (Å²) >= 11 is 3.19. The summed E-state index contributed by atoms with van der Waals surface area (Å²) in [4.78, 5) is 14.0. The molecule has 0 unspecified atom stereocenters. The monoisotopic (exact) mass is 305 g/mol. The molecule has 1 aromatic rings. The van der Waals surface area contributed by atoms with Crippen LogP contribution >= 0.6 is 15.9 Å². The zero-order valence-corrected chi connectivity index (χ0v) is 10.6. The van der Waals surface area contributed by atoms with Crippen molar-refractivity contribution < 1.29 is 15.1 Å². The number of halogens is 1. The highest BCUT2D eigenvalue weighted by Gasteiger charge is 2.18. The van der Waals surface area contributed by atoms with E-state index in [0.717, 1.165) is 6.20 Å². The minimum Gasteiger partial charge on any atom is -0.394 e. The molecule has 1 heterocycles. The van der Waals surface area contributed by atoms with Gasteiger partial charge in [-0.2, -0.15) is 0 Å². The van der Waals surface area contributed by atoms with Crippen molar-refractivity contribution in [3.05, 3.63) is 26.3 Å². The van der Waals surface area contributed by atoms with E-state index in [1.54, 1.807) is 6.92 Å². The van der Waals surface area contributed by atoms with E-state index in [1.807, 2.05) is 0 Å². The van der Waals surface area contributed by atoms with Gasteiger partial charge < -0.3 is 15.5 Å². The fourth-order valence-corrected chi connectivity index (χ4v) is 1.62. The van der Waals surface area contributed by atoms with Crippen LogP contribution in [0.1, 0.15) is 5.56 Å². The molecule has 17 heavy (non-hydrogen) atoms. The largest absolute Gasteiger partial charge is 0.394 e. The molecule has 0 radical (unpaired) electrons. The molecule has 8 heteroatoms. The SMILES string of the molecule is Cc1c([N+](=O)[O-])cnc(NC(CO)CO)c1Br. The quantitative estimate of drug-likeness (QED) is 0.549. The second kappa shape index (κ2) is 5.89. The molecule has 0 fully saturated rings. The van der Waals surface area contributed by atoms with E-state index >= 15 is 0 Å². The Morgan fingerprint density at radius 2 is 2.18 bits per heavy atom. The van der Waals surface area contributed by atoms with Gasteiger partial charge in [0.2, 0.25) is 0 Å². The van der Waals surface area contributed by atoms with Gasteiger partial charge in [-0.25, -0.2) is 4.98 Å². The maximum atomic E-state index is 10.7. The van der Waals surface area contributed by atoms with E-state index in [1.165, 1.54) is 0 Å². The number of aromatic nitrogens is 1. The third-order valence-electron chi connectivity index (χ3n) is 2.22. The van der Waals surface area contributed by atoms with Crippen molar-refractivity contribution >= 4 is 27.4 Å². The topological polar surface area (TPSA) is 109 Å². The smallest absolute Gasteiger partial charge is 0.291 e. The Hall–Kier alpha value is -1.25. The van der Waals surface area contributed by atoms with Crippen molar-refractivity contribution in [3.8, 4) is 0 Å². The van der Waals surface area contributed by atoms with Crippen molar-refractivity contribution in [3.63, 3.8) is 0 Å². The maximum Gasteiger partial charge on any atom is 0.291 e. The molecule has 1 aromatic heterocycles. The van der Waals surface area contributed by atoms with Crippen LogP contribution in [0.25, 0.3) is 0 Å². The van der Waals surface area contributed by atoms with Gasteiger partial charge in [-0.1, -0.05) is 0 Å².